The average molecular weight is 416 g/mol. The van der Waals surface area contributed by atoms with Crippen LogP contribution >= 0.6 is 11.6 Å². The number of amides is 1. The van der Waals surface area contributed by atoms with E-state index in [-0.39, 0.29) is 22.6 Å². The number of ether oxygens (including phenoxy) is 1. The summed E-state index contributed by atoms with van der Waals surface area (Å²) in [4.78, 5) is 16.6. The van der Waals surface area contributed by atoms with Gasteiger partial charge in [0.1, 0.15) is 10.9 Å². The fourth-order valence-corrected chi connectivity index (χ4v) is 3.89. The first-order valence-electron chi connectivity index (χ1n) is 10.2. The van der Waals surface area contributed by atoms with E-state index < -0.39 is 0 Å². The Hall–Kier alpha value is -2.11. The summed E-state index contributed by atoms with van der Waals surface area (Å²) in [6.45, 7) is 10.7. The number of hydrogen-bond donors (Lipinski definition) is 2. The van der Waals surface area contributed by atoms with Gasteiger partial charge in [-0.1, -0.05) is 38.4 Å². The van der Waals surface area contributed by atoms with E-state index in [1.807, 2.05) is 18.2 Å². The van der Waals surface area contributed by atoms with Gasteiger partial charge >= 0.3 is 0 Å². The number of piperidine rings is 1. The molecule has 1 aromatic carbocycles. The molecule has 0 radical (unpaired) electrons. The summed E-state index contributed by atoms with van der Waals surface area (Å²) >= 11 is 6.05. The monoisotopic (exact) mass is 415 g/mol. The summed E-state index contributed by atoms with van der Waals surface area (Å²) in [5.41, 5.74) is 2.07. The fourth-order valence-electron chi connectivity index (χ4n) is 3.68. The zero-order valence-corrected chi connectivity index (χ0v) is 18.3. The number of nitrogens with one attached hydrogen (secondary N) is 2. The molecule has 2 heterocycles. The van der Waals surface area contributed by atoms with Crippen molar-refractivity contribution < 1.29 is 9.53 Å². The molecule has 1 aliphatic rings. The van der Waals surface area contributed by atoms with Gasteiger partial charge in [0.15, 0.2) is 0 Å². The lowest BCUT2D eigenvalue weighted by atomic mass is 9.86. The van der Waals surface area contributed by atoms with E-state index in [4.69, 9.17) is 16.3 Å². The lowest BCUT2D eigenvalue weighted by Gasteiger charge is -2.31. The molecule has 1 unspecified atom stereocenters. The first kappa shape index (κ1) is 21.6. The molecule has 1 aromatic heterocycles. The van der Waals surface area contributed by atoms with Gasteiger partial charge < -0.3 is 15.4 Å². The molecule has 5 nitrogen and oxygen atoms in total. The van der Waals surface area contributed by atoms with Crippen LogP contribution in [0.2, 0.25) is 5.15 Å². The summed E-state index contributed by atoms with van der Waals surface area (Å²) in [6.07, 6.45) is 3.90. The van der Waals surface area contributed by atoms with Crippen LogP contribution in [0.25, 0.3) is 0 Å². The summed E-state index contributed by atoms with van der Waals surface area (Å²) in [5, 5.41) is 6.51. The lowest BCUT2D eigenvalue weighted by molar-refractivity contribution is 0.102. The molecule has 0 bridgehead atoms. The van der Waals surface area contributed by atoms with Crippen molar-refractivity contribution >= 4 is 23.2 Å². The highest BCUT2D eigenvalue weighted by Crippen LogP contribution is 2.35. The Balaban J connectivity index is 1.83. The summed E-state index contributed by atoms with van der Waals surface area (Å²) in [7, 11) is 0. The van der Waals surface area contributed by atoms with Gasteiger partial charge in [-0.25, -0.2) is 4.98 Å². The van der Waals surface area contributed by atoms with Gasteiger partial charge in [-0.3, -0.25) is 4.79 Å². The zero-order chi connectivity index (χ0) is 21.0. The topological polar surface area (TPSA) is 63.2 Å². The highest BCUT2D eigenvalue weighted by Gasteiger charge is 2.25. The summed E-state index contributed by atoms with van der Waals surface area (Å²) in [5.74, 6) is 1.05. The minimum atomic E-state index is -0.288. The summed E-state index contributed by atoms with van der Waals surface area (Å²) < 4.78 is 6.45. The largest absolute Gasteiger partial charge is 0.490 e. The number of benzene rings is 1. The second-order valence-electron chi connectivity index (χ2n) is 8.67. The molecule has 2 N–H and O–H groups in total. The number of rotatable bonds is 5. The zero-order valence-electron chi connectivity index (χ0n) is 17.6. The highest BCUT2D eigenvalue weighted by molar-refractivity contribution is 6.33. The third-order valence-electron chi connectivity index (χ3n) is 5.41. The van der Waals surface area contributed by atoms with Gasteiger partial charge in [-0.2, -0.15) is 0 Å². The number of hydrogen-bond acceptors (Lipinski definition) is 4. The number of aromatic nitrogens is 1. The Morgan fingerprint density at radius 2 is 2.00 bits per heavy atom. The molecule has 1 fully saturated rings. The van der Waals surface area contributed by atoms with Crippen molar-refractivity contribution in [2.45, 2.75) is 52.1 Å². The van der Waals surface area contributed by atoms with E-state index in [0.717, 1.165) is 37.2 Å². The molecule has 1 aliphatic heterocycles. The smallest absolute Gasteiger partial charge is 0.258 e. The Bertz CT molecular complexity index is 857. The maximum absolute atomic E-state index is 12.6. The minimum absolute atomic E-state index is 0.0711. The van der Waals surface area contributed by atoms with Gasteiger partial charge in [0.05, 0.1) is 11.7 Å². The molecule has 29 heavy (non-hydrogen) atoms. The first-order chi connectivity index (χ1) is 13.8. The van der Waals surface area contributed by atoms with Crippen LogP contribution < -0.4 is 15.4 Å². The highest BCUT2D eigenvalue weighted by atomic mass is 35.5. The van der Waals surface area contributed by atoms with Crippen LogP contribution in [0, 0.1) is 5.92 Å². The first-order valence-corrected chi connectivity index (χ1v) is 10.6. The third kappa shape index (κ3) is 5.49. The van der Waals surface area contributed by atoms with Crippen LogP contribution in [0.4, 0.5) is 5.69 Å². The predicted octanol–water partition coefficient (Wildman–Crippen LogP) is 5.05. The van der Waals surface area contributed by atoms with E-state index in [1.165, 1.54) is 0 Å². The average Bonchev–Trinajstić information content (AvgIpc) is 2.68. The molecule has 0 spiro atoms. The SMILES string of the molecule is CC(Oc1cc(NC(=O)c2cccnc2Cl)ccc1C(C)(C)C)C1CCNCC1. The molecule has 1 atom stereocenters. The Morgan fingerprint density at radius 3 is 2.66 bits per heavy atom. The molecule has 1 amide bonds. The van der Waals surface area contributed by atoms with Gasteiger partial charge in [0.2, 0.25) is 0 Å². The molecule has 2 aromatic rings. The molecule has 0 aliphatic carbocycles. The maximum atomic E-state index is 12.6. The number of carbonyl (C=O) groups excluding carboxylic acids is 1. The number of anilines is 1. The van der Waals surface area contributed by atoms with Crippen molar-refractivity contribution in [1.82, 2.24) is 10.3 Å². The van der Waals surface area contributed by atoms with Gasteiger partial charge in [-0.05, 0) is 68.0 Å². The van der Waals surface area contributed by atoms with Crippen molar-refractivity contribution in [3.8, 4) is 5.75 Å². The quantitative estimate of drug-likeness (QED) is 0.670. The molecular weight excluding hydrogens is 386 g/mol. The van der Waals surface area contributed by atoms with Gasteiger partial charge in [0, 0.05) is 18.0 Å². The maximum Gasteiger partial charge on any atom is 0.258 e. The third-order valence-corrected chi connectivity index (χ3v) is 5.71. The van der Waals surface area contributed by atoms with Crippen molar-refractivity contribution in [3.63, 3.8) is 0 Å². The molecule has 3 rings (SSSR count). The minimum Gasteiger partial charge on any atom is -0.490 e. The number of nitrogens with zero attached hydrogens (tertiary/aromatic N) is 1. The van der Waals surface area contributed by atoms with E-state index >= 15 is 0 Å². The number of carbonyl (C=O) groups is 1. The van der Waals surface area contributed by atoms with E-state index in [0.29, 0.717) is 17.2 Å². The van der Waals surface area contributed by atoms with Crippen molar-refractivity contribution in [2.75, 3.05) is 18.4 Å². The van der Waals surface area contributed by atoms with Crippen LogP contribution in [-0.4, -0.2) is 30.1 Å². The number of halogens is 1. The predicted molar refractivity (Wildman–Crippen MR) is 118 cm³/mol. The molecule has 156 valence electrons. The molecule has 0 saturated carbocycles. The van der Waals surface area contributed by atoms with Crippen LogP contribution in [0.5, 0.6) is 5.75 Å². The molecule has 6 heteroatoms. The number of pyridine rings is 1. The molecular formula is C23H30ClN3O2. The van der Waals surface area contributed by atoms with Gasteiger partial charge in [-0.15, -0.1) is 0 Å². The Labute approximate surface area is 178 Å². The van der Waals surface area contributed by atoms with Crippen LogP contribution in [0.1, 0.15) is 56.5 Å². The van der Waals surface area contributed by atoms with Crippen LogP contribution in [0.15, 0.2) is 36.5 Å². The Kier molecular flexibility index (Phi) is 6.81. The van der Waals surface area contributed by atoms with E-state index in [9.17, 15) is 4.79 Å². The van der Waals surface area contributed by atoms with E-state index in [1.54, 1.807) is 18.3 Å². The lowest BCUT2D eigenvalue weighted by Crippen LogP contribution is -2.35. The summed E-state index contributed by atoms with van der Waals surface area (Å²) in [6, 6.07) is 9.21. The second kappa shape index (κ2) is 9.14. The van der Waals surface area contributed by atoms with Crippen LogP contribution in [-0.2, 0) is 5.41 Å². The second-order valence-corrected chi connectivity index (χ2v) is 9.03. The Morgan fingerprint density at radius 1 is 1.28 bits per heavy atom. The van der Waals surface area contributed by atoms with Crippen molar-refractivity contribution in [1.29, 1.82) is 0 Å². The van der Waals surface area contributed by atoms with Gasteiger partial charge in [0.25, 0.3) is 5.91 Å². The molecule has 1 saturated heterocycles. The van der Waals surface area contributed by atoms with E-state index in [2.05, 4.69) is 43.3 Å². The van der Waals surface area contributed by atoms with Crippen LogP contribution in [0.3, 0.4) is 0 Å². The van der Waals surface area contributed by atoms with Crippen molar-refractivity contribution in [3.05, 3.63) is 52.8 Å². The normalized spacial score (nSPS) is 16.3. The fraction of sp³-hybridized carbons (Fsp3) is 0.478. The van der Waals surface area contributed by atoms with Crippen molar-refractivity contribution in [2.24, 2.45) is 5.92 Å². The standard InChI is InChI=1S/C23H30ClN3O2/c1-15(16-9-12-25-13-10-16)29-20-14-17(7-8-19(20)23(2,3)4)27-22(28)18-6-5-11-26-21(18)24/h5-8,11,14-16,25H,9-10,12-13H2,1-4H3,(H,27,28).